The van der Waals surface area contributed by atoms with Gasteiger partial charge in [0.1, 0.15) is 4.21 Å². The van der Waals surface area contributed by atoms with Crippen molar-refractivity contribution < 1.29 is 26.1 Å². The van der Waals surface area contributed by atoms with E-state index in [0.29, 0.717) is 10.4 Å². The minimum Gasteiger partial charge on any atom is -0.281 e. The Balaban J connectivity index is 2.36. The van der Waals surface area contributed by atoms with Gasteiger partial charge in [-0.05, 0) is 29.8 Å². The van der Waals surface area contributed by atoms with Crippen molar-refractivity contribution in [1.29, 1.82) is 0 Å². The van der Waals surface area contributed by atoms with E-state index in [1.54, 1.807) is 0 Å². The summed E-state index contributed by atoms with van der Waals surface area (Å²) in [4.78, 5) is 0.460. The average molecular weight is 308 g/mol. The lowest BCUT2D eigenvalue weighted by Crippen LogP contribution is -2.03. The van der Waals surface area contributed by atoms with E-state index < -0.39 is 21.9 Å². The Morgan fingerprint density at radius 2 is 1.58 bits per heavy atom. The third kappa shape index (κ3) is 3.14. The summed E-state index contributed by atoms with van der Waals surface area (Å²) in [5.74, 6) is 0. The van der Waals surface area contributed by atoms with Crippen molar-refractivity contribution in [3.63, 3.8) is 0 Å². The molecule has 0 unspecified atom stereocenters. The minimum atomic E-state index is -4.41. The molecule has 102 valence electrons. The van der Waals surface area contributed by atoms with Gasteiger partial charge < -0.3 is 0 Å². The highest BCUT2D eigenvalue weighted by Gasteiger charge is 2.30. The van der Waals surface area contributed by atoms with E-state index in [9.17, 15) is 21.6 Å². The number of halogens is 3. The number of benzene rings is 1. The lowest BCUT2D eigenvalue weighted by molar-refractivity contribution is -0.137. The predicted molar refractivity (Wildman–Crippen MR) is 64.6 cm³/mol. The average Bonchev–Trinajstić information content (AvgIpc) is 2.77. The van der Waals surface area contributed by atoms with E-state index in [0.717, 1.165) is 23.5 Å². The molecule has 0 saturated carbocycles. The number of alkyl halides is 3. The van der Waals surface area contributed by atoms with Crippen LogP contribution in [0.5, 0.6) is 0 Å². The number of hydrogen-bond donors (Lipinski definition) is 1. The van der Waals surface area contributed by atoms with Gasteiger partial charge in [-0.1, -0.05) is 12.1 Å². The topological polar surface area (TPSA) is 54.4 Å². The molecule has 2 rings (SSSR count). The Hall–Kier alpha value is -1.38. The summed E-state index contributed by atoms with van der Waals surface area (Å²) in [5, 5.41) is 0. The fraction of sp³-hybridized carbons (Fsp3) is 0.0909. The largest absolute Gasteiger partial charge is 0.416 e. The van der Waals surface area contributed by atoms with E-state index in [4.69, 9.17) is 4.55 Å². The van der Waals surface area contributed by atoms with Crippen LogP contribution in [-0.2, 0) is 16.3 Å². The van der Waals surface area contributed by atoms with Crippen LogP contribution in [0.15, 0.2) is 40.6 Å². The van der Waals surface area contributed by atoms with Crippen LogP contribution in [0.4, 0.5) is 13.2 Å². The number of rotatable bonds is 2. The summed E-state index contributed by atoms with van der Waals surface area (Å²) >= 11 is 0.787. The molecule has 0 saturated heterocycles. The quantitative estimate of drug-likeness (QED) is 0.861. The molecule has 0 radical (unpaired) electrons. The maximum Gasteiger partial charge on any atom is 0.416 e. The van der Waals surface area contributed by atoms with Gasteiger partial charge in [-0.25, -0.2) is 0 Å². The van der Waals surface area contributed by atoms with Crippen molar-refractivity contribution in [1.82, 2.24) is 0 Å². The van der Waals surface area contributed by atoms with Gasteiger partial charge in [0.25, 0.3) is 0 Å². The van der Waals surface area contributed by atoms with Gasteiger partial charge in [0.2, 0.25) is 0 Å². The van der Waals surface area contributed by atoms with Crippen LogP contribution in [0.1, 0.15) is 5.56 Å². The molecule has 0 aliphatic rings. The summed E-state index contributed by atoms with van der Waals surface area (Å²) < 4.78 is 67.5. The number of hydrogen-bond acceptors (Lipinski definition) is 3. The van der Waals surface area contributed by atoms with Crippen LogP contribution in [0, 0.1) is 0 Å². The van der Waals surface area contributed by atoms with E-state index in [1.165, 1.54) is 24.3 Å². The summed E-state index contributed by atoms with van der Waals surface area (Å²) in [5.41, 5.74) is -0.323. The van der Waals surface area contributed by atoms with E-state index in [1.807, 2.05) is 0 Å². The molecule has 0 spiro atoms. The zero-order valence-corrected chi connectivity index (χ0v) is 10.8. The van der Waals surface area contributed by atoms with E-state index in [2.05, 4.69) is 0 Å². The third-order valence-corrected chi connectivity index (χ3v) is 4.79. The van der Waals surface area contributed by atoms with Crippen molar-refractivity contribution in [2.75, 3.05) is 0 Å². The minimum absolute atomic E-state index is 0.248. The molecule has 0 fully saturated rings. The molecule has 0 amide bonds. The maximum atomic E-state index is 12.4. The smallest absolute Gasteiger partial charge is 0.281 e. The third-order valence-electron chi connectivity index (χ3n) is 2.33. The van der Waals surface area contributed by atoms with Crippen molar-refractivity contribution in [3.05, 3.63) is 42.0 Å². The van der Waals surface area contributed by atoms with Gasteiger partial charge in [-0.2, -0.15) is 21.6 Å². The molecule has 2 aromatic rings. The molecule has 0 aliphatic carbocycles. The summed E-state index contributed by atoms with van der Waals surface area (Å²) in [6.07, 6.45) is -4.41. The molecule has 19 heavy (non-hydrogen) atoms. The predicted octanol–water partition coefficient (Wildman–Crippen LogP) is 3.68. The molecule has 1 aromatic carbocycles. The molecule has 1 N–H and O–H groups in total. The molecule has 0 atom stereocenters. The van der Waals surface area contributed by atoms with Crippen molar-refractivity contribution in [2.45, 2.75) is 10.4 Å². The van der Waals surface area contributed by atoms with Gasteiger partial charge in [0.05, 0.1) is 5.56 Å². The van der Waals surface area contributed by atoms with Crippen LogP contribution < -0.4 is 0 Å². The van der Waals surface area contributed by atoms with Gasteiger partial charge in [0, 0.05) is 4.88 Å². The van der Waals surface area contributed by atoms with Crippen molar-refractivity contribution in [3.8, 4) is 10.4 Å². The molecule has 0 bridgehead atoms. The van der Waals surface area contributed by atoms with Crippen molar-refractivity contribution >= 4 is 21.5 Å². The second-order valence-corrected chi connectivity index (χ2v) is 6.40. The second kappa shape index (κ2) is 4.62. The summed E-state index contributed by atoms with van der Waals surface area (Å²) in [6.45, 7) is 0. The zero-order chi connectivity index (χ0) is 14.3. The highest BCUT2D eigenvalue weighted by molar-refractivity contribution is 7.88. The molecule has 8 heteroatoms. The zero-order valence-electron chi connectivity index (χ0n) is 9.18. The lowest BCUT2D eigenvalue weighted by Gasteiger charge is -2.06. The molecule has 3 nitrogen and oxygen atoms in total. The number of thiophene rings is 1. The fourth-order valence-electron chi connectivity index (χ4n) is 1.44. The molecular formula is C11H7F3O3S2. The van der Waals surface area contributed by atoms with Crippen LogP contribution in [-0.4, -0.2) is 13.0 Å². The highest BCUT2D eigenvalue weighted by atomic mass is 32.3. The second-order valence-electron chi connectivity index (χ2n) is 3.67. The lowest BCUT2D eigenvalue weighted by atomic mass is 10.1. The van der Waals surface area contributed by atoms with Crippen LogP contribution in [0.3, 0.4) is 0 Å². The Kier molecular flexibility index (Phi) is 3.41. The van der Waals surface area contributed by atoms with Gasteiger partial charge in [-0.15, -0.1) is 11.3 Å². The SMILES string of the molecule is O=S(=O)(O)c1ccc(-c2ccc(C(F)(F)F)cc2)s1. The Labute approximate surface area is 111 Å². The van der Waals surface area contributed by atoms with Crippen LogP contribution in [0.25, 0.3) is 10.4 Å². The van der Waals surface area contributed by atoms with E-state index >= 15 is 0 Å². The maximum absolute atomic E-state index is 12.4. The Morgan fingerprint density at radius 1 is 1.00 bits per heavy atom. The molecule has 0 aliphatic heterocycles. The Bertz CT molecular complexity index is 685. The summed E-state index contributed by atoms with van der Waals surface area (Å²) in [7, 11) is -4.28. The first-order valence-electron chi connectivity index (χ1n) is 4.93. The first-order valence-corrected chi connectivity index (χ1v) is 7.18. The highest BCUT2D eigenvalue weighted by Crippen LogP contribution is 2.34. The van der Waals surface area contributed by atoms with Gasteiger partial charge >= 0.3 is 16.3 Å². The fourth-order valence-corrected chi connectivity index (χ4v) is 3.11. The molecule has 1 aromatic heterocycles. The Morgan fingerprint density at radius 3 is 2.00 bits per heavy atom. The van der Waals surface area contributed by atoms with Gasteiger partial charge in [-0.3, -0.25) is 4.55 Å². The monoisotopic (exact) mass is 308 g/mol. The van der Waals surface area contributed by atoms with E-state index in [-0.39, 0.29) is 4.21 Å². The first kappa shape index (κ1) is 14.0. The normalized spacial score (nSPS) is 12.6. The van der Waals surface area contributed by atoms with Gasteiger partial charge in [0.15, 0.2) is 0 Å². The standard InChI is InChI=1S/C11H7F3O3S2/c12-11(13,14)8-3-1-7(2-4-8)9-5-6-10(18-9)19(15,16)17/h1-6H,(H,15,16,17). The molecule has 1 heterocycles. The van der Waals surface area contributed by atoms with Crippen LogP contribution >= 0.6 is 11.3 Å². The molecular weight excluding hydrogens is 301 g/mol. The van der Waals surface area contributed by atoms with Crippen molar-refractivity contribution in [2.24, 2.45) is 0 Å². The first-order chi connectivity index (χ1) is 8.68. The van der Waals surface area contributed by atoms with Crippen LogP contribution in [0.2, 0.25) is 0 Å². The summed E-state index contributed by atoms with van der Waals surface area (Å²) in [6, 6.07) is 6.97.